The number of hydrogen-bond acceptors (Lipinski definition) is 0. The third-order valence-corrected chi connectivity index (χ3v) is 6.30. The van der Waals surface area contributed by atoms with E-state index in [1.807, 2.05) is 0 Å². The Morgan fingerprint density at radius 3 is 2.79 bits per heavy atom. The van der Waals surface area contributed by atoms with Crippen LogP contribution in [0.5, 0.6) is 0 Å². The van der Waals surface area contributed by atoms with Crippen molar-refractivity contribution in [2.75, 3.05) is 0 Å². The zero-order valence-corrected chi connectivity index (χ0v) is 12.2. The van der Waals surface area contributed by atoms with Gasteiger partial charge in [-0.05, 0) is 62.0 Å². The smallest absolute Gasteiger partial charge is 0.0137 e. The minimum Gasteiger partial charge on any atom is -0.0665 e. The highest BCUT2D eigenvalue weighted by Crippen LogP contribution is 2.57. The highest BCUT2D eigenvalue weighted by atomic mass is 14.5. The predicted octanol–water partition coefficient (Wildman–Crippen LogP) is 5.35. The first-order valence-electron chi connectivity index (χ1n) is 8.01. The quantitative estimate of drug-likeness (QED) is 0.545. The average molecular weight is 252 g/mol. The van der Waals surface area contributed by atoms with Crippen LogP contribution in [-0.4, -0.2) is 0 Å². The summed E-state index contributed by atoms with van der Waals surface area (Å²) in [6.07, 6.45) is 18.1. The summed E-state index contributed by atoms with van der Waals surface area (Å²) in [5.41, 5.74) is 6.99. The van der Waals surface area contributed by atoms with E-state index in [9.17, 15) is 0 Å². The number of rotatable bonds is 0. The van der Waals surface area contributed by atoms with Crippen LogP contribution in [0.15, 0.2) is 46.6 Å². The molecule has 0 aromatic rings. The maximum atomic E-state index is 2.47. The van der Waals surface area contributed by atoms with Crippen LogP contribution in [0, 0.1) is 17.3 Å². The molecule has 100 valence electrons. The molecule has 19 heavy (non-hydrogen) atoms. The Hall–Kier alpha value is -1.04. The molecule has 0 bridgehead atoms. The zero-order chi connectivity index (χ0) is 13.0. The van der Waals surface area contributed by atoms with Crippen molar-refractivity contribution in [2.24, 2.45) is 17.3 Å². The zero-order valence-electron chi connectivity index (χ0n) is 12.2. The van der Waals surface area contributed by atoms with Gasteiger partial charge in [0.05, 0.1) is 0 Å². The van der Waals surface area contributed by atoms with Gasteiger partial charge in [0, 0.05) is 5.41 Å². The molecule has 0 saturated heterocycles. The number of allylic oxidation sites excluding steroid dienone is 8. The molecule has 0 radical (unpaired) electrons. The summed E-state index contributed by atoms with van der Waals surface area (Å²) >= 11 is 0. The minimum absolute atomic E-state index is 0.350. The number of hydrogen-bond donors (Lipinski definition) is 0. The predicted molar refractivity (Wildman–Crippen MR) is 80.8 cm³/mol. The SMILES string of the molecule is CC1=CC=C2C3=CC=C4CCCC[C@@H]4[C@H]3CC[C@]12C. The summed E-state index contributed by atoms with van der Waals surface area (Å²) in [4.78, 5) is 0. The third kappa shape index (κ3) is 1.52. The molecule has 0 aromatic carbocycles. The second-order valence-corrected chi connectivity index (χ2v) is 7.12. The van der Waals surface area contributed by atoms with Crippen molar-refractivity contribution < 1.29 is 0 Å². The molecule has 2 saturated carbocycles. The fraction of sp³-hybridized carbons (Fsp3) is 0.579. The van der Waals surface area contributed by atoms with Gasteiger partial charge in [-0.2, -0.15) is 0 Å². The molecule has 0 aromatic heterocycles. The third-order valence-electron chi connectivity index (χ3n) is 6.30. The van der Waals surface area contributed by atoms with Crippen LogP contribution in [-0.2, 0) is 0 Å². The maximum absolute atomic E-state index is 2.47. The van der Waals surface area contributed by atoms with Gasteiger partial charge < -0.3 is 0 Å². The Kier molecular flexibility index (Phi) is 2.46. The molecule has 0 amide bonds. The normalized spacial score (nSPS) is 40.3. The van der Waals surface area contributed by atoms with Crippen molar-refractivity contribution in [2.45, 2.75) is 52.4 Å². The lowest BCUT2D eigenvalue weighted by atomic mass is 9.58. The summed E-state index contributed by atoms with van der Waals surface area (Å²) < 4.78 is 0. The van der Waals surface area contributed by atoms with E-state index in [1.165, 1.54) is 38.5 Å². The van der Waals surface area contributed by atoms with E-state index in [4.69, 9.17) is 0 Å². The summed E-state index contributed by atoms with van der Waals surface area (Å²) in [5.74, 6) is 1.71. The van der Waals surface area contributed by atoms with E-state index in [0.29, 0.717) is 5.41 Å². The largest absolute Gasteiger partial charge is 0.0665 e. The van der Waals surface area contributed by atoms with Crippen LogP contribution in [0.3, 0.4) is 0 Å². The van der Waals surface area contributed by atoms with Gasteiger partial charge in [-0.25, -0.2) is 0 Å². The fourth-order valence-electron chi connectivity index (χ4n) is 4.89. The van der Waals surface area contributed by atoms with Crippen LogP contribution in [0.25, 0.3) is 0 Å². The summed E-state index contributed by atoms with van der Waals surface area (Å²) in [6.45, 7) is 4.77. The summed E-state index contributed by atoms with van der Waals surface area (Å²) in [7, 11) is 0. The van der Waals surface area contributed by atoms with E-state index in [1.54, 1.807) is 22.3 Å². The standard InChI is InChI=1S/C19H24/c1-13-7-10-18-17-9-8-14-5-3-4-6-15(14)16(17)11-12-19(13,18)2/h7-10,15-16H,3-6,11-12H2,1-2H3/t15-,16+,19+/m0/s1. The Morgan fingerprint density at radius 2 is 1.89 bits per heavy atom. The van der Waals surface area contributed by atoms with Crippen molar-refractivity contribution in [1.29, 1.82) is 0 Å². The van der Waals surface area contributed by atoms with Crippen molar-refractivity contribution in [3.05, 3.63) is 46.6 Å². The fourth-order valence-corrected chi connectivity index (χ4v) is 4.89. The van der Waals surface area contributed by atoms with E-state index in [-0.39, 0.29) is 0 Å². The van der Waals surface area contributed by atoms with Crippen LogP contribution < -0.4 is 0 Å². The summed E-state index contributed by atoms with van der Waals surface area (Å²) in [5, 5.41) is 0. The minimum atomic E-state index is 0.350. The van der Waals surface area contributed by atoms with Gasteiger partial charge in [-0.15, -0.1) is 0 Å². The van der Waals surface area contributed by atoms with E-state index in [2.05, 4.69) is 38.2 Å². The first-order valence-corrected chi connectivity index (χ1v) is 8.01. The van der Waals surface area contributed by atoms with Crippen molar-refractivity contribution in [3.8, 4) is 0 Å². The van der Waals surface area contributed by atoms with Gasteiger partial charge in [-0.1, -0.05) is 48.8 Å². The molecule has 0 heterocycles. The molecule has 0 unspecified atom stereocenters. The maximum Gasteiger partial charge on any atom is 0.0137 e. The van der Waals surface area contributed by atoms with Crippen molar-refractivity contribution >= 4 is 0 Å². The molecular formula is C19H24. The molecule has 0 nitrogen and oxygen atoms in total. The van der Waals surface area contributed by atoms with Gasteiger partial charge in [0.25, 0.3) is 0 Å². The Bertz CT molecular complexity index is 540. The molecule has 4 aliphatic rings. The van der Waals surface area contributed by atoms with Crippen molar-refractivity contribution in [1.82, 2.24) is 0 Å². The second kappa shape index (κ2) is 3.98. The lowest BCUT2D eigenvalue weighted by molar-refractivity contribution is 0.265. The van der Waals surface area contributed by atoms with Crippen LogP contribution in [0.2, 0.25) is 0 Å². The van der Waals surface area contributed by atoms with Crippen LogP contribution >= 0.6 is 0 Å². The monoisotopic (exact) mass is 252 g/mol. The molecule has 3 atom stereocenters. The Morgan fingerprint density at radius 1 is 1.00 bits per heavy atom. The van der Waals surface area contributed by atoms with E-state index in [0.717, 1.165) is 11.8 Å². The number of fused-ring (bicyclic) bond motifs is 5. The molecule has 4 rings (SSSR count). The van der Waals surface area contributed by atoms with Gasteiger partial charge in [-0.3, -0.25) is 0 Å². The topological polar surface area (TPSA) is 0 Å². The summed E-state index contributed by atoms with van der Waals surface area (Å²) in [6, 6.07) is 0. The first kappa shape index (κ1) is 11.8. The Balaban J connectivity index is 1.76. The van der Waals surface area contributed by atoms with Crippen LogP contribution in [0.1, 0.15) is 52.4 Å². The van der Waals surface area contributed by atoms with Gasteiger partial charge in [0.2, 0.25) is 0 Å². The van der Waals surface area contributed by atoms with Gasteiger partial charge in [0.1, 0.15) is 0 Å². The lowest BCUT2D eigenvalue weighted by Crippen LogP contribution is -2.34. The molecule has 0 aliphatic heterocycles. The molecule has 0 spiro atoms. The van der Waals surface area contributed by atoms with Gasteiger partial charge in [0.15, 0.2) is 0 Å². The van der Waals surface area contributed by atoms with Crippen LogP contribution in [0.4, 0.5) is 0 Å². The molecule has 0 heteroatoms. The highest BCUT2D eigenvalue weighted by molar-refractivity contribution is 5.55. The Labute approximate surface area is 117 Å². The first-order chi connectivity index (χ1) is 9.20. The molecule has 4 aliphatic carbocycles. The van der Waals surface area contributed by atoms with Crippen molar-refractivity contribution in [3.63, 3.8) is 0 Å². The lowest BCUT2D eigenvalue weighted by Gasteiger charge is -2.46. The highest BCUT2D eigenvalue weighted by Gasteiger charge is 2.45. The molecule has 0 N–H and O–H groups in total. The average Bonchev–Trinajstić information content (AvgIpc) is 2.75. The second-order valence-electron chi connectivity index (χ2n) is 7.12. The van der Waals surface area contributed by atoms with E-state index >= 15 is 0 Å². The van der Waals surface area contributed by atoms with Gasteiger partial charge >= 0.3 is 0 Å². The molecule has 2 fully saturated rings. The molecular weight excluding hydrogens is 228 g/mol. The van der Waals surface area contributed by atoms with E-state index < -0.39 is 0 Å².